The summed E-state index contributed by atoms with van der Waals surface area (Å²) >= 11 is 3.36. The molecule has 1 aromatic heterocycles. The van der Waals surface area contributed by atoms with Crippen molar-refractivity contribution in [1.82, 2.24) is 4.98 Å². The minimum Gasteiger partial charge on any atom is -0.363 e. The van der Waals surface area contributed by atoms with Crippen molar-refractivity contribution >= 4 is 27.7 Å². The van der Waals surface area contributed by atoms with E-state index in [0.717, 1.165) is 22.0 Å². The van der Waals surface area contributed by atoms with Gasteiger partial charge in [0.1, 0.15) is 5.82 Å². The number of aromatic nitrogens is 1. The number of halogens is 1. The Morgan fingerprint density at radius 1 is 1.43 bits per heavy atom. The highest BCUT2D eigenvalue weighted by molar-refractivity contribution is 9.10. The zero-order chi connectivity index (χ0) is 14.8. The van der Waals surface area contributed by atoms with Gasteiger partial charge in [-0.25, -0.2) is 4.98 Å². The minimum absolute atomic E-state index is 0.180. The van der Waals surface area contributed by atoms with Crippen LogP contribution in [0.3, 0.4) is 0 Å². The molecule has 0 bridgehead atoms. The van der Waals surface area contributed by atoms with Crippen LogP contribution in [-0.4, -0.2) is 17.5 Å². The maximum Gasteiger partial charge on any atom is 0.259 e. The molecule has 21 heavy (non-hydrogen) atoms. The van der Waals surface area contributed by atoms with E-state index in [1.54, 1.807) is 6.20 Å². The molecule has 1 amide bonds. The third-order valence-electron chi connectivity index (χ3n) is 3.52. The normalized spacial score (nSPS) is 17.1. The van der Waals surface area contributed by atoms with E-state index < -0.39 is 6.10 Å². The fourth-order valence-corrected chi connectivity index (χ4v) is 2.91. The predicted octanol–water partition coefficient (Wildman–Crippen LogP) is 3.41. The second-order valence-corrected chi connectivity index (χ2v) is 5.92. The summed E-state index contributed by atoms with van der Waals surface area (Å²) in [6.45, 7) is 2.46. The van der Waals surface area contributed by atoms with Crippen LogP contribution in [-0.2, 0) is 16.0 Å². The fraction of sp³-hybridized carbons (Fsp3) is 0.250. The van der Waals surface area contributed by atoms with Gasteiger partial charge in [-0.15, -0.1) is 0 Å². The number of amides is 1. The summed E-state index contributed by atoms with van der Waals surface area (Å²) < 4.78 is 6.54. The van der Waals surface area contributed by atoms with E-state index in [0.29, 0.717) is 12.4 Å². The van der Waals surface area contributed by atoms with Crippen molar-refractivity contribution in [2.24, 2.45) is 0 Å². The van der Waals surface area contributed by atoms with Gasteiger partial charge in [-0.1, -0.05) is 24.3 Å². The molecule has 2 heterocycles. The molecule has 108 valence electrons. The number of hydrogen-bond donors (Lipinski definition) is 1. The van der Waals surface area contributed by atoms with Crippen LogP contribution in [0.4, 0.5) is 5.82 Å². The first-order valence-electron chi connectivity index (χ1n) is 6.77. The van der Waals surface area contributed by atoms with Crippen LogP contribution >= 0.6 is 15.9 Å². The van der Waals surface area contributed by atoms with E-state index in [9.17, 15) is 4.79 Å². The van der Waals surface area contributed by atoms with Gasteiger partial charge in [-0.05, 0) is 52.0 Å². The summed E-state index contributed by atoms with van der Waals surface area (Å²) in [6, 6.07) is 9.82. The second-order valence-electron chi connectivity index (χ2n) is 5.01. The number of nitrogens with one attached hydrogen (secondary N) is 1. The van der Waals surface area contributed by atoms with Gasteiger partial charge in [0.05, 0.1) is 6.61 Å². The number of rotatable bonds is 2. The Labute approximate surface area is 131 Å². The Bertz CT molecular complexity index is 688. The number of fused-ring (bicyclic) bond motifs is 1. The number of ether oxygens (including phenoxy) is 1. The molecule has 4 nitrogen and oxygen atoms in total. The zero-order valence-electron chi connectivity index (χ0n) is 11.6. The smallest absolute Gasteiger partial charge is 0.259 e. The summed E-state index contributed by atoms with van der Waals surface area (Å²) in [5, 5.41) is 2.85. The number of nitrogens with zero attached hydrogens (tertiary/aromatic N) is 1. The van der Waals surface area contributed by atoms with Crippen LogP contribution in [0.25, 0.3) is 0 Å². The lowest BCUT2D eigenvalue weighted by Gasteiger charge is -2.25. The molecule has 0 radical (unpaired) electrons. The molecular weight excluding hydrogens is 332 g/mol. The number of hydrogen-bond acceptors (Lipinski definition) is 3. The Morgan fingerprint density at radius 2 is 2.24 bits per heavy atom. The molecular formula is C16H15BrN2O2. The van der Waals surface area contributed by atoms with Gasteiger partial charge in [0.2, 0.25) is 0 Å². The maximum absolute atomic E-state index is 12.5. The molecule has 0 aliphatic carbocycles. The topological polar surface area (TPSA) is 51.2 Å². The largest absolute Gasteiger partial charge is 0.363 e. The first-order chi connectivity index (χ1) is 10.1. The average Bonchev–Trinajstić information content (AvgIpc) is 2.49. The highest BCUT2D eigenvalue weighted by Gasteiger charge is 2.27. The molecule has 0 saturated carbocycles. The molecule has 2 aromatic rings. The van der Waals surface area contributed by atoms with Crippen LogP contribution in [0.1, 0.15) is 22.8 Å². The van der Waals surface area contributed by atoms with Gasteiger partial charge < -0.3 is 10.1 Å². The molecule has 1 aliphatic rings. The molecule has 0 saturated heterocycles. The number of carbonyl (C=O) groups excluding carboxylic acids is 1. The number of anilines is 1. The molecule has 1 aliphatic heterocycles. The van der Waals surface area contributed by atoms with Gasteiger partial charge in [0.15, 0.2) is 6.10 Å². The monoisotopic (exact) mass is 346 g/mol. The van der Waals surface area contributed by atoms with Gasteiger partial charge >= 0.3 is 0 Å². The van der Waals surface area contributed by atoms with E-state index in [1.807, 2.05) is 37.3 Å². The van der Waals surface area contributed by atoms with Crippen LogP contribution in [0, 0.1) is 6.92 Å². The second kappa shape index (κ2) is 5.95. The molecule has 0 spiro atoms. The first-order valence-corrected chi connectivity index (χ1v) is 7.57. The first kappa shape index (κ1) is 14.2. The van der Waals surface area contributed by atoms with Crippen molar-refractivity contribution < 1.29 is 9.53 Å². The summed E-state index contributed by atoms with van der Waals surface area (Å²) in [6.07, 6.45) is 1.94. The van der Waals surface area contributed by atoms with Crippen LogP contribution in [0.2, 0.25) is 0 Å². The van der Waals surface area contributed by atoms with Crippen molar-refractivity contribution in [1.29, 1.82) is 0 Å². The minimum atomic E-state index is -0.570. The zero-order valence-corrected chi connectivity index (χ0v) is 13.2. The summed E-state index contributed by atoms with van der Waals surface area (Å²) in [4.78, 5) is 16.7. The van der Waals surface area contributed by atoms with Crippen molar-refractivity contribution in [3.05, 3.63) is 57.7 Å². The SMILES string of the molecule is Cc1cc(Br)cnc1NC(=O)C1OCCc2ccccc21. The molecule has 1 unspecified atom stereocenters. The molecule has 5 heteroatoms. The van der Waals surface area contributed by atoms with E-state index in [-0.39, 0.29) is 5.91 Å². The van der Waals surface area contributed by atoms with Gasteiger partial charge in [-0.3, -0.25) is 4.79 Å². The third-order valence-corrected chi connectivity index (χ3v) is 3.95. The molecule has 1 N–H and O–H groups in total. The van der Waals surface area contributed by atoms with E-state index >= 15 is 0 Å². The van der Waals surface area contributed by atoms with Crippen molar-refractivity contribution in [3.8, 4) is 0 Å². The highest BCUT2D eigenvalue weighted by atomic mass is 79.9. The van der Waals surface area contributed by atoms with Crippen molar-refractivity contribution in [2.75, 3.05) is 11.9 Å². The Kier molecular flexibility index (Phi) is 4.03. The predicted molar refractivity (Wildman–Crippen MR) is 84.1 cm³/mol. The molecule has 1 aromatic carbocycles. The summed E-state index contributed by atoms with van der Waals surface area (Å²) in [5.74, 6) is 0.384. The molecule has 3 rings (SSSR count). The molecule has 1 atom stereocenters. The number of pyridine rings is 1. The lowest BCUT2D eigenvalue weighted by molar-refractivity contribution is -0.128. The van der Waals surface area contributed by atoms with Crippen LogP contribution in [0.15, 0.2) is 41.0 Å². The molecule has 0 fully saturated rings. The quantitative estimate of drug-likeness (QED) is 0.906. The lowest BCUT2D eigenvalue weighted by atomic mass is 9.97. The Balaban J connectivity index is 1.83. The maximum atomic E-state index is 12.5. The van der Waals surface area contributed by atoms with Crippen LogP contribution in [0.5, 0.6) is 0 Å². The van der Waals surface area contributed by atoms with E-state index in [2.05, 4.69) is 26.2 Å². The Morgan fingerprint density at radius 3 is 3.05 bits per heavy atom. The Hall–Kier alpha value is -1.72. The van der Waals surface area contributed by atoms with E-state index in [4.69, 9.17) is 4.74 Å². The van der Waals surface area contributed by atoms with Gasteiger partial charge in [0, 0.05) is 10.7 Å². The van der Waals surface area contributed by atoms with E-state index in [1.165, 1.54) is 5.56 Å². The highest BCUT2D eigenvalue weighted by Crippen LogP contribution is 2.28. The number of carbonyl (C=O) groups is 1. The average molecular weight is 347 g/mol. The van der Waals surface area contributed by atoms with Gasteiger partial charge in [0.25, 0.3) is 5.91 Å². The number of aryl methyl sites for hydroxylation is 1. The van der Waals surface area contributed by atoms with Gasteiger partial charge in [-0.2, -0.15) is 0 Å². The lowest BCUT2D eigenvalue weighted by Crippen LogP contribution is -2.28. The van der Waals surface area contributed by atoms with Crippen molar-refractivity contribution in [3.63, 3.8) is 0 Å². The van der Waals surface area contributed by atoms with Crippen LogP contribution < -0.4 is 5.32 Å². The standard InChI is InChI=1S/C16H15BrN2O2/c1-10-8-12(17)9-18-15(10)19-16(20)14-13-5-3-2-4-11(13)6-7-21-14/h2-5,8-9,14H,6-7H2,1H3,(H,18,19,20). The number of benzene rings is 1. The summed E-state index contributed by atoms with van der Waals surface area (Å²) in [5.41, 5.74) is 3.02. The summed E-state index contributed by atoms with van der Waals surface area (Å²) in [7, 11) is 0. The van der Waals surface area contributed by atoms with Crippen molar-refractivity contribution in [2.45, 2.75) is 19.4 Å². The fourth-order valence-electron chi connectivity index (χ4n) is 2.46. The third kappa shape index (κ3) is 2.99.